The number of fused-ring (bicyclic) bond motifs is 1. The number of likely N-dealkylation sites (N-methyl/N-ethyl adjacent to an activating group) is 1. The molecule has 1 aromatic carbocycles. The molecule has 3 heterocycles. The highest BCUT2D eigenvalue weighted by atomic mass is 15.4. The van der Waals surface area contributed by atoms with Gasteiger partial charge in [-0.15, -0.1) is 15.3 Å². The molecule has 1 saturated heterocycles. The van der Waals surface area contributed by atoms with Gasteiger partial charge in [0.2, 0.25) is 0 Å². The molecule has 6 nitrogen and oxygen atoms in total. The third-order valence-electron chi connectivity index (χ3n) is 4.49. The summed E-state index contributed by atoms with van der Waals surface area (Å²) < 4.78 is 1.80. The number of hydrogen-bond acceptors (Lipinski definition) is 5. The quantitative estimate of drug-likeness (QED) is 0.735. The first kappa shape index (κ1) is 14.1. The van der Waals surface area contributed by atoms with E-state index in [1.54, 1.807) is 4.52 Å². The van der Waals surface area contributed by atoms with E-state index in [0.717, 1.165) is 36.9 Å². The van der Waals surface area contributed by atoms with Crippen molar-refractivity contribution in [2.75, 3.05) is 25.0 Å². The molecule has 0 unspecified atom stereocenters. The van der Waals surface area contributed by atoms with Gasteiger partial charge in [-0.25, -0.2) is 0 Å². The van der Waals surface area contributed by atoms with Crippen LogP contribution in [0, 0.1) is 6.92 Å². The third-order valence-corrected chi connectivity index (χ3v) is 4.49. The first-order chi connectivity index (χ1) is 11.2. The van der Waals surface area contributed by atoms with Gasteiger partial charge >= 0.3 is 0 Å². The summed E-state index contributed by atoms with van der Waals surface area (Å²) in [5.74, 6) is 1.81. The molecule has 1 aliphatic heterocycles. The van der Waals surface area contributed by atoms with Crippen molar-refractivity contribution in [3.63, 3.8) is 0 Å². The lowest BCUT2D eigenvalue weighted by Crippen LogP contribution is -2.58. The highest BCUT2D eigenvalue weighted by Crippen LogP contribution is 2.22. The Morgan fingerprint density at radius 1 is 1.09 bits per heavy atom. The van der Waals surface area contributed by atoms with E-state index in [1.165, 1.54) is 5.56 Å². The van der Waals surface area contributed by atoms with Crippen molar-refractivity contribution in [1.29, 1.82) is 0 Å². The van der Waals surface area contributed by atoms with Gasteiger partial charge in [-0.05, 0) is 31.7 Å². The number of rotatable bonds is 4. The van der Waals surface area contributed by atoms with Gasteiger partial charge in [-0.3, -0.25) is 4.90 Å². The van der Waals surface area contributed by atoms with E-state index in [0.29, 0.717) is 6.04 Å². The fourth-order valence-corrected chi connectivity index (χ4v) is 2.98. The molecule has 23 heavy (non-hydrogen) atoms. The molecule has 0 atom stereocenters. The van der Waals surface area contributed by atoms with Crippen molar-refractivity contribution in [3.05, 3.63) is 53.9 Å². The minimum atomic E-state index is 0.565. The first-order valence-electron chi connectivity index (χ1n) is 7.89. The number of hydrogen-bond donors (Lipinski definition) is 0. The van der Waals surface area contributed by atoms with Gasteiger partial charge in [0, 0.05) is 25.7 Å². The largest absolute Gasteiger partial charge is 0.352 e. The predicted molar refractivity (Wildman–Crippen MR) is 89.4 cm³/mol. The zero-order chi connectivity index (χ0) is 15.8. The number of aromatic nitrogens is 4. The third kappa shape index (κ3) is 2.66. The van der Waals surface area contributed by atoms with Crippen molar-refractivity contribution in [2.45, 2.75) is 19.5 Å². The minimum absolute atomic E-state index is 0.565. The van der Waals surface area contributed by atoms with Gasteiger partial charge in [0.05, 0.1) is 0 Å². The number of nitrogens with zero attached hydrogens (tertiary/aromatic N) is 6. The molecule has 1 aliphatic rings. The zero-order valence-corrected chi connectivity index (χ0v) is 13.4. The lowest BCUT2D eigenvalue weighted by molar-refractivity contribution is 0.196. The smallest absolute Gasteiger partial charge is 0.178 e. The van der Waals surface area contributed by atoms with Crippen LogP contribution >= 0.6 is 0 Å². The summed E-state index contributed by atoms with van der Waals surface area (Å²) in [7, 11) is 2.19. The Hall–Kier alpha value is -2.47. The number of aryl methyl sites for hydroxylation is 1. The molecule has 4 rings (SSSR count). The summed E-state index contributed by atoms with van der Waals surface area (Å²) >= 11 is 0. The van der Waals surface area contributed by atoms with Gasteiger partial charge in [-0.2, -0.15) is 4.52 Å². The maximum absolute atomic E-state index is 4.63. The van der Waals surface area contributed by atoms with E-state index in [9.17, 15) is 0 Å². The van der Waals surface area contributed by atoms with Crippen molar-refractivity contribution in [1.82, 2.24) is 24.7 Å². The monoisotopic (exact) mass is 308 g/mol. The summed E-state index contributed by atoms with van der Waals surface area (Å²) in [5.41, 5.74) is 2.15. The second-order valence-electron chi connectivity index (χ2n) is 6.17. The highest BCUT2D eigenvalue weighted by Gasteiger charge is 2.31. The average molecular weight is 308 g/mol. The van der Waals surface area contributed by atoms with Crippen molar-refractivity contribution < 1.29 is 0 Å². The fourth-order valence-electron chi connectivity index (χ4n) is 2.98. The van der Waals surface area contributed by atoms with Crippen molar-refractivity contribution >= 4 is 11.5 Å². The van der Waals surface area contributed by atoms with Gasteiger partial charge in [0.15, 0.2) is 11.5 Å². The Kier molecular flexibility index (Phi) is 3.46. The van der Waals surface area contributed by atoms with E-state index in [4.69, 9.17) is 0 Å². The maximum atomic E-state index is 4.63. The molecule has 0 N–H and O–H groups in total. The normalized spacial score (nSPS) is 15.3. The Labute approximate surface area is 135 Å². The maximum Gasteiger partial charge on any atom is 0.178 e. The molecule has 0 spiro atoms. The van der Waals surface area contributed by atoms with E-state index < -0.39 is 0 Å². The molecule has 0 bridgehead atoms. The van der Waals surface area contributed by atoms with E-state index in [2.05, 4.69) is 62.5 Å². The molecule has 6 heteroatoms. The summed E-state index contributed by atoms with van der Waals surface area (Å²) in [6.45, 7) is 4.91. The van der Waals surface area contributed by atoms with Crippen LogP contribution < -0.4 is 4.90 Å². The SMILES string of the molecule is Cc1nnc2ccc(N3CC(N(C)Cc4ccccc4)C3)nn12. The molecule has 0 radical (unpaired) electrons. The van der Waals surface area contributed by atoms with Gasteiger partial charge < -0.3 is 4.90 Å². The Morgan fingerprint density at radius 2 is 1.87 bits per heavy atom. The molecular weight excluding hydrogens is 288 g/mol. The van der Waals surface area contributed by atoms with Crippen LogP contribution in [-0.4, -0.2) is 50.9 Å². The topological polar surface area (TPSA) is 49.6 Å². The molecule has 0 saturated carbocycles. The van der Waals surface area contributed by atoms with Gasteiger partial charge in [0.25, 0.3) is 0 Å². The average Bonchev–Trinajstić information content (AvgIpc) is 2.88. The molecule has 0 aliphatic carbocycles. The van der Waals surface area contributed by atoms with E-state index in [1.807, 2.05) is 19.1 Å². The van der Waals surface area contributed by atoms with Crippen molar-refractivity contribution in [3.8, 4) is 0 Å². The molecule has 0 amide bonds. The Morgan fingerprint density at radius 3 is 2.65 bits per heavy atom. The van der Waals surface area contributed by atoms with Crippen LogP contribution in [0.3, 0.4) is 0 Å². The number of benzene rings is 1. The molecule has 3 aromatic rings. The Balaban J connectivity index is 1.41. The zero-order valence-electron chi connectivity index (χ0n) is 13.4. The highest BCUT2D eigenvalue weighted by molar-refractivity contribution is 5.47. The molecule has 2 aromatic heterocycles. The lowest BCUT2D eigenvalue weighted by atomic mass is 10.1. The molecular formula is C17H20N6. The standard InChI is InChI=1S/C17H20N6/c1-13-18-19-16-8-9-17(20-23(13)16)22-11-15(12-22)21(2)10-14-6-4-3-5-7-14/h3-9,15H,10-12H2,1-2H3. The van der Waals surface area contributed by atoms with Crippen LogP contribution in [0.25, 0.3) is 5.65 Å². The van der Waals surface area contributed by atoms with Crippen LogP contribution in [-0.2, 0) is 6.54 Å². The minimum Gasteiger partial charge on any atom is -0.352 e. The molecule has 1 fully saturated rings. The Bertz CT molecular complexity index is 806. The fraction of sp³-hybridized carbons (Fsp3) is 0.353. The van der Waals surface area contributed by atoms with Crippen molar-refractivity contribution in [2.24, 2.45) is 0 Å². The molecule has 118 valence electrons. The van der Waals surface area contributed by atoms with Crippen LogP contribution in [0.2, 0.25) is 0 Å². The van der Waals surface area contributed by atoms with E-state index in [-0.39, 0.29) is 0 Å². The summed E-state index contributed by atoms with van der Waals surface area (Å²) in [4.78, 5) is 4.71. The second-order valence-corrected chi connectivity index (χ2v) is 6.17. The van der Waals surface area contributed by atoms with Crippen LogP contribution in [0.1, 0.15) is 11.4 Å². The summed E-state index contributed by atoms with van der Waals surface area (Å²) in [6, 6.07) is 15.2. The van der Waals surface area contributed by atoms with E-state index >= 15 is 0 Å². The lowest BCUT2D eigenvalue weighted by Gasteiger charge is -2.44. The van der Waals surface area contributed by atoms with Crippen LogP contribution in [0.4, 0.5) is 5.82 Å². The second kappa shape index (κ2) is 5.62. The van der Waals surface area contributed by atoms with Gasteiger partial charge in [-0.1, -0.05) is 30.3 Å². The number of anilines is 1. The van der Waals surface area contributed by atoms with Gasteiger partial charge in [0.1, 0.15) is 5.82 Å². The first-order valence-corrected chi connectivity index (χ1v) is 7.89. The summed E-state index contributed by atoms with van der Waals surface area (Å²) in [6.07, 6.45) is 0. The summed E-state index contributed by atoms with van der Waals surface area (Å²) in [5, 5.41) is 12.8. The van der Waals surface area contributed by atoms with Crippen LogP contribution in [0.15, 0.2) is 42.5 Å². The predicted octanol–water partition coefficient (Wildman–Crippen LogP) is 1.75. The van der Waals surface area contributed by atoms with Crippen LogP contribution in [0.5, 0.6) is 0 Å².